The number of halogens is 1. The molecule has 0 bridgehead atoms. The summed E-state index contributed by atoms with van der Waals surface area (Å²) >= 11 is 5.90. The predicted octanol–water partition coefficient (Wildman–Crippen LogP) is 3.57. The molecule has 108 valence electrons. The molecule has 0 aromatic heterocycles. The summed E-state index contributed by atoms with van der Waals surface area (Å²) in [6, 6.07) is 10.9. The molecule has 0 saturated carbocycles. The van der Waals surface area contributed by atoms with Crippen LogP contribution in [0.1, 0.15) is 21.5 Å². The van der Waals surface area contributed by atoms with Gasteiger partial charge in [0.2, 0.25) is 0 Å². The molecule has 0 amide bonds. The molecule has 0 spiro atoms. The molecule has 0 atom stereocenters. The maximum atomic E-state index is 11.4. The molecule has 0 unspecified atom stereocenters. The van der Waals surface area contributed by atoms with E-state index in [1.807, 2.05) is 23.1 Å². The lowest BCUT2D eigenvalue weighted by Crippen LogP contribution is -2.18. The van der Waals surface area contributed by atoms with Crippen molar-refractivity contribution in [1.29, 1.82) is 0 Å². The van der Waals surface area contributed by atoms with Crippen LogP contribution in [0.25, 0.3) is 0 Å². The quantitative estimate of drug-likeness (QED) is 0.942. The number of methoxy groups -OCH3 is 1. The molecule has 0 fully saturated rings. The lowest BCUT2D eigenvalue weighted by molar-refractivity contribution is 0.0697. The SMILES string of the molecule is COc1ccc2c(c1)CN(c1ccc(Cl)cc1C(=O)O)C2. The number of benzene rings is 2. The number of carboxylic acids is 1. The van der Waals surface area contributed by atoms with Crippen LogP contribution in [0.15, 0.2) is 36.4 Å². The molecular weight excluding hydrogens is 290 g/mol. The summed E-state index contributed by atoms with van der Waals surface area (Å²) in [7, 11) is 1.64. The highest BCUT2D eigenvalue weighted by Gasteiger charge is 2.23. The molecule has 5 heteroatoms. The van der Waals surface area contributed by atoms with E-state index in [0.717, 1.165) is 11.3 Å². The van der Waals surface area contributed by atoms with Crippen LogP contribution in [0, 0.1) is 0 Å². The summed E-state index contributed by atoms with van der Waals surface area (Å²) in [6.07, 6.45) is 0. The van der Waals surface area contributed by atoms with Crippen molar-refractivity contribution in [2.45, 2.75) is 13.1 Å². The maximum Gasteiger partial charge on any atom is 0.337 e. The van der Waals surface area contributed by atoms with E-state index in [1.165, 1.54) is 11.6 Å². The van der Waals surface area contributed by atoms with Gasteiger partial charge in [-0.1, -0.05) is 17.7 Å². The Morgan fingerprint density at radius 2 is 1.95 bits per heavy atom. The monoisotopic (exact) mass is 303 g/mol. The normalized spacial score (nSPS) is 13.1. The summed E-state index contributed by atoms with van der Waals surface area (Å²) in [5.41, 5.74) is 3.24. The van der Waals surface area contributed by atoms with Crippen molar-refractivity contribution < 1.29 is 14.6 Å². The van der Waals surface area contributed by atoms with E-state index in [4.69, 9.17) is 16.3 Å². The fourth-order valence-electron chi connectivity index (χ4n) is 2.62. The zero-order valence-corrected chi connectivity index (χ0v) is 12.2. The van der Waals surface area contributed by atoms with E-state index >= 15 is 0 Å². The van der Waals surface area contributed by atoms with Crippen molar-refractivity contribution in [2.24, 2.45) is 0 Å². The number of carbonyl (C=O) groups is 1. The van der Waals surface area contributed by atoms with Crippen molar-refractivity contribution in [3.8, 4) is 5.75 Å². The second-order valence-electron chi connectivity index (χ2n) is 4.96. The van der Waals surface area contributed by atoms with Gasteiger partial charge in [0, 0.05) is 18.1 Å². The average molecular weight is 304 g/mol. The molecule has 1 N–H and O–H groups in total. The zero-order valence-electron chi connectivity index (χ0n) is 11.5. The van der Waals surface area contributed by atoms with E-state index in [1.54, 1.807) is 19.2 Å². The van der Waals surface area contributed by atoms with E-state index in [9.17, 15) is 9.90 Å². The lowest BCUT2D eigenvalue weighted by Gasteiger charge is -2.20. The van der Waals surface area contributed by atoms with Crippen LogP contribution in [-0.4, -0.2) is 18.2 Å². The smallest absolute Gasteiger partial charge is 0.337 e. The number of fused-ring (bicyclic) bond motifs is 1. The minimum atomic E-state index is -0.971. The number of anilines is 1. The Labute approximate surface area is 127 Å². The van der Waals surface area contributed by atoms with Crippen LogP contribution in [0.5, 0.6) is 5.75 Å². The number of carboxylic acid groups (broad SMARTS) is 1. The van der Waals surface area contributed by atoms with Crippen molar-refractivity contribution >= 4 is 23.3 Å². The first-order valence-corrected chi connectivity index (χ1v) is 6.90. The van der Waals surface area contributed by atoms with Crippen LogP contribution in [0.4, 0.5) is 5.69 Å². The Hall–Kier alpha value is -2.20. The largest absolute Gasteiger partial charge is 0.497 e. The number of nitrogens with zero attached hydrogens (tertiary/aromatic N) is 1. The minimum absolute atomic E-state index is 0.224. The number of hydrogen-bond acceptors (Lipinski definition) is 3. The number of ether oxygens (including phenoxy) is 1. The first-order chi connectivity index (χ1) is 10.1. The molecule has 0 aliphatic carbocycles. The third-order valence-electron chi connectivity index (χ3n) is 3.67. The van der Waals surface area contributed by atoms with Crippen molar-refractivity contribution in [3.63, 3.8) is 0 Å². The first-order valence-electron chi connectivity index (χ1n) is 6.52. The van der Waals surface area contributed by atoms with Gasteiger partial charge in [-0.2, -0.15) is 0 Å². The van der Waals surface area contributed by atoms with Crippen LogP contribution < -0.4 is 9.64 Å². The highest BCUT2D eigenvalue weighted by molar-refractivity contribution is 6.31. The Morgan fingerprint density at radius 3 is 2.67 bits per heavy atom. The Morgan fingerprint density at radius 1 is 1.19 bits per heavy atom. The van der Waals surface area contributed by atoms with Crippen molar-refractivity contribution in [3.05, 3.63) is 58.1 Å². The summed E-state index contributed by atoms with van der Waals surface area (Å²) in [5.74, 6) is -0.161. The van der Waals surface area contributed by atoms with E-state index in [2.05, 4.69) is 0 Å². The van der Waals surface area contributed by atoms with Gasteiger partial charge in [0.15, 0.2) is 0 Å². The van der Waals surface area contributed by atoms with Gasteiger partial charge >= 0.3 is 5.97 Å². The van der Waals surface area contributed by atoms with Gasteiger partial charge in [0.1, 0.15) is 5.75 Å². The second-order valence-corrected chi connectivity index (χ2v) is 5.39. The fraction of sp³-hybridized carbons (Fsp3) is 0.188. The van der Waals surface area contributed by atoms with E-state index < -0.39 is 5.97 Å². The second kappa shape index (κ2) is 5.30. The average Bonchev–Trinajstić information content (AvgIpc) is 2.89. The minimum Gasteiger partial charge on any atom is -0.497 e. The van der Waals surface area contributed by atoms with Gasteiger partial charge < -0.3 is 14.7 Å². The van der Waals surface area contributed by atoms with Gasteiger partial charge in [0.25, 0.3) is 0 Å². The summed E-state index contributed by atoms with van der Waals surface area (Å²) in [5, 5.41) is 9.77. The topological polar surface area (TPSA) is 49.8 Å². The van der Waals surface area contributed by atoms with E-state index in [-0.39, 0.29) is 5.56 Å². The zero-order chi connectivity index (χ0) is 15.0. The highest BCUT2D eigenvalue weighted by Crippen LogP contribution is 2.33. The summed E-state index contributed by atoms with van der Waals surface area (Å²) < 4.78 is 5.23. The summed E-state index contributed by atoms with van der Waals surface area (Å²) in [6.45, 7) is 1.34. The third kappa shape index (κ3) is 2.54. The lowest BCUT2D eigenvalue weighted by atomic mass is 10.1. The van der Waals surface area contributed by atoms with Crippen LogP contribution in [-0.2, 0) is 13.1 Å². The molecular formula is C16H14ClNO3. The fourth-order valence-corrected chi connectivity index (χ4v) is 2.80. The van der Waals surface area contributed by atoms with Gasteiger partial charge in [-0.25, -0.2) is 4.79 Å². The van der Waals surface area contributed by atoms with Crippen LogP contribution >= 0.6 is 11.6 Å². The van der Waals surface area contributed by atoms with Crippen molar-refractivity contribution in [2.75, 3.05) is 12.0 Å². The molecule has 4 nitrogen and oxygen atoms in total. The van der Waals surface area contributed by atoms with Gasteiger partial charge in [-0.05, 0) is 41.5 Å². The molecule has 1 heterocycles. The molecule has 2 aromatic rings. The molecule has 0 saturated heterocycles. The van der Waals surface area contributed by atoms with Crippen LogP contribution in [0.3, 0.4) is 0 Å². The number of hydrogen-bond donors (Lipinski definition) is 1. The Bertz CT molecular complexity index is 715. The molecule has 3 rings (SSSR count). The van der Waals surface area contributed by atoms with Gasteiger partial charge in [-0.3, -0.25) is 0 Å². The Balaban J connectivity index is 1.96. The third-order valence-corrected chi connectivity index (χ3v) is 3.90. The predicted molar refractivity (Wildman–Crippen MR) is 81.3 cm³/mol. The van der Waals surface area contributed by atoms with Crippen LogP contribution in [0.2, 0.25) is 5.02 Å². The number of rotatable bonds is 3. The maximum absolute atomic E-state index is 11.4. The molecule has 0 radical (unpaired) electrons. The molecule has 21 heavy (non-hydrogen) atoms. The highest BCUT2D eigenvalue weighted by atomic mass is 35.5. The molecule has 1 aliphatic heterocycles. The first kappa shape index (κ1) is 13.8. The molecule has 1 aliphatic rings. The Kier molecular flexibility index (Phi) is 3.47. The standard InChI is InChI=1S/C16H14ClNO3/c1-21-13-4-2-10-8-18(9-11(10)6-13)15-5-3-12(17)7-14(15)16(19)20/h2-7H,8-9H2,1H3,(H,19,20). The molecule has 2 aromatic carbocycles. The van der Waals surface area contributed by atoms with E-state index in [0.29, 0.717) is 23.8 Å². The number of aromatic carboxylic acids is 1. The van der Waals surface area contributed by atoms with Crippen molar-refractivity contribution in [1.82, 2.24) is 0 Å². The van der Waals surface area contributed by atoms with Gasteiger partial charge in [-0.15, -0.1) is 0 Å². The summed E-state index contributed by atoms with van der Waals surface area (Å²) in [4.78, 5) is 13.4. The van der Waals surface area contributed by atoms with Gasteiger partial charge in [0.05, 0.1) is 18.4 Å².